The molecule has 0 spiro atoms. The molecule has 1 atom stereocenters. The second-order valence-corrected chi connectivity index (χ2v) is 2.95. The van der Waals surface area contributed by atoms with Crippen LogP contribution in [-0.4, -0.2) is 6.04 Å². The van der Waals surface area contributed by atoms with E-state index < -0.39 is 0 Å². The molecule has 0 heterocycles. The Hall–Kier alpha value is -0.400. The van der Waals surface area contributed by atoms with Crippen LogP contribution < -0.4 is 0 Å². The molecule has 54 valence electrons. The summed E-state index contributed by atoms with van der Waals surface area (Å²) in [5.41, 5.74) is 6.68. The standard InChI is InChI=1S/C7H16N2/c1-6(2)4-5-7(3)9-8/h6-8H,4-5H2,1-3H3. The molecule has 9 heavy (non-hydrogen) atoms. The van der Waals surface area contributed by atoms with E-state index in [-0.39, 0.29) is 6.04 Å². The van der Waals surface area contributed by atoms with E-state index in [1.165, 1.54) is 6.42 Å². The number of nitrogens with zero attached hydrogens (tertiary/aromatic N) is 1. The second kappa shape index (κ2) is 4.48. The van der Waals surface area contributed by atoms with Crippen LogP contribution in [0, 0.1) is 11.4 Å². The predicted octanol–water partition coefficient (Wildman–Crippen LogP) is 2.84. The van der Waals surface area contributed by atoms with Gasteiger partial charge in [0.2, 0.25) is 0 Å². The maximum absolute atomic E-state index is 6.68. The molecule has 0 fully saturated rings. The van der Waals surface area contributed by atoms with Gasteiger partial charge in [-0.1, -0.05) is 13.8 Å². The van der Waals surface area contributed by atoms with Crippen molar-refractivity contribution in [2.45, 2.75) is 39.7 Å². The molecule has 0 saturated heterocycles. The molecule has 0 saturated carbocycles. The van der Waals surface area contributed by atoms with Gasteiger partial charge in [-0.3, -0.25) is 0 Å². The van der Waals surface area contributed by atoms with Crippen molar-refractivity contribution in [2.75, 3.05) is 0 Å². The summed E-state index contributed by atoms with van der Waals surface area (Å²) in [7, 11) is 0. The third-order valence-corrected chi connectivity index (χ3v) is 1.38. The Kier molecular flexibility index (Phi) is 4.28. The fourth-order valence-electron chi connectivity index (χ4n) is 0.639. The van der Waals surface area contributed by atoms with Gasteiger partial charge in [0, 0.05) is 0 Å². The first-order valence-electron chi connectivity index (χ1n) is 3.53. The van der Waals surface area contributed by atoms with Crippen LogP contribution in [0.3, 0.4) is 0 Å². The third-order valence-electron chi connectivity index (χ3n) is 1.38. The largest absolute Gasteiger partial charge is 0.210 e. The van der Waals surface area contributed by atoms with E-state index in [1.54, 1.807) is 0 Å². The summed E-state index contributed by atoms with van der Waals surface area (Å²) in [6.07, 6.45) is 2.24. The maximum Gasteiger partial charge on any atom is 0.0677 e. The normalized spacial score (nSPS) is 13.8. The lowest BCUT2D eigenvalue weighted by atomic mass is 10.1. The molecule has 0 aliphatic carbocycles. The minimum Gasteiger partial charge on any atom is -0.210 e. The van der Waals surface area contributed by atoms with Crippen molar-refractivity contribution in [3.63, 3.8) is 0 Å². The topological polar surface area (TPSA) is 36.2 Å². The maximum atomic E-state index is 6.68. The highest BCUT2D eigenvalue weighted by Crippen LogP contribution is 2.07. The smallest absolute Gasteiger partial charge is 0.0677 e. The van der Waals surface area contributed by atoms with Crippen molar-refractivity contribution in [1.29, 1.82) is 5.53 Å². The molecule has 2 nitrogen and oxygen atoms in total. The first kappa shape index (κ1) is 8.60. The average Bonchev–Trinajstić information content (AvgIpc) is 1.83. The molecule has 0 amide bonds. The van der Waals surface area contributed by atoms with Crippen LogP contribution in [0.5, 0.6) is 0 Å². The molecule has 0 aromatic rings. The molecule has 2 heteroatoms. The summed E-state index contributed by atoms with van der Waals surface area (Å²) in [6, 6.07) is 0.229. The fourth-order valence-corrected chi connectivity index (χ4v) is 0.639. The Morgan fingerprint density at radius 2 is 1.78 bits per heavy atom. The molecule has 0 aliphatic heterocycles. The van der Waals surface area contributed by atoms with Crippen molar-refractivity contribution in [3.8, 4) is 0 Å². The Morgan fingerprint density at radius 3 is 2.11 bits per heavy atom. The van der Waals surface area contributed by atoms with E-state index in [4.69, 9.17) is 5.53 Å². The highest BCUT2D eigenvalue weighted by molar-refractivity contribution is 4.56. The van der Waals surface area contributed by atoms with Gasteiger partial charge in [-0.05, 0) is 25.7 Å². The molecule has 0 radical (unpaired) electrons. The van der Waals surface area contributed by atoms with Gasteiger partial charge in [-0.25, -0.2) is 5.53 Å². The van der Waals surface area contributed by atoms with E-state index in [9.17, 15) is 0 Å². The van der Waals surface area contributed by atoms with E-state index >= 15 is 0 Å². The zero-order chi connectivity index (χ0) is 7.28. The monoisotopic (exact) mass is 128 g/mol. The lowest BCUT2D eigenvalue weighted by Gasteiger charge is -2.05. The Balaban J connectivity index is 3.16. The summed E-state index contributed by atoms with van der Waals surface area (Å²) in [6.45, 7) is 6.36. The zero-order valence-electron chi connectivity index (χ0n) is 6.52. The van der Waals surface area contributed by atoms with E-state index in [0.29, 0.717) is 0 Å². The summed E-state index contributed by atoms with van der Waals surface area (Å²) >= 11 is 0. The van der Waals surface area contributed by atoms with Gasteiger partial charge in [0.05, 0.1) is 6.04 Å². The Bertz CT molecular complexity index is 79.0. The molecular weight excluding hydrogens is 112 g/mol. The highest BCUT2D eigenvalue weighted by atomic mass is 15.0. The van der Waals surface area contributed by atoms with Gasteiger partial charge in [0.25, 0.3) is 0 Å². The highest BCUT2D eigenvalue weighted by Gasteiger charge is 1.99. The Morgan fingerprint density at radius 1 is 1.22 bits per heavy atom. The van der Waals surface area contributed by atoms with Gasteiger partial charge >= 0.3 is 0 Å². The van der Waals surface area contributed by atoms with Crippen LogP contribution in [0.15, 0.2) is 5.11 Å². The van der Waals surface area contributed by atoms with Crippen molar-refractivity contribution < 1.29 is 0 Å². The Labute approximate surface area is 57.2 Å². The summed E-state index contributed by atoms with van der Waals surface area (Å²) in [5.74, 6) is 0.745. The van der Waals surface area contributed by atoms with Gasteiger partial charge in [-0.2, -0.15) is 5.11 Å². The minimum absolute atomic E-state index is 0.229. The molecule has 0 rings (SSSR count). The minimum atomic E-state index is 0.229. The van der Waals surface area contributed by atoms with Gasteiger partial charge in [-0.15, -0.1) is 0 Å². The fraction of sp³-hybridized carbons (Fsp3) is 1.00. The molecular formula is C7H16N2. The van der Waals surface area contributed by atoms with Crippen molar-refractivity contribution in [1.82, 2.24) is 0 Å². The van der Waals surface area contributed by atoms with Crippen LogP contribution in [-0.2, 0) is 0 Å². The van der Waals surface area contributed by atoms with E-state index in [0.717, 1.165) is 12.3 Å². The summed E-state index contributed by atoms with van der Waals surface area (Å²) < 4.78 is 0. The third kappa shape index (κ3) is 5.47. The number of nitrogens with one attached hydrogen (secondary N) is 1. The number of hydrogen-bond donors (Lipinski definition) is 1. The van der Waals surface area contributed by atoms with Crippen molar-refractivity contribution in [2.24, 2.45) is 11.0 Å². The SMILES string of the molecule is CC(C)CCC(C)N=N. The summed E-state index contributed by atoms with van der Waals surface area (Å²) in [5, 5.41) is 3.41. The summed E-state index contributed by atoms with van der Waals surface area (Å²) in [4.78, 5) is 0. The lowest BCUT2D eigenvalue weighted by molar-refractivity contribution is 0.502. The number of rotatable bonds is 4. The van der Waals surface area contributed by atoms with Gasteiger partial charge in [0.15, 0.2) is 0 Å². The van der Waals surface area contributed by atoms with Gasteiger partial charge < -0.3 is 0 Å². The zero-order valence-corrected chi connectivity index (χ0v) is 6.52. The molecule has 0 aromatic carbocycles. The van der Waals surface area contributed by atoms with Crippen LogP contribution in [0.4, 0.5) is 0 Å². The number of hydrogen-bond acceptors (Lipinski definition) is 2. The van der Waals surface area contributed by atoms with Crippen molar-refractivity contribution >= 4 is 0 Å². The predicted molar refractivity (Wildman–Crippen MR) is 38.7 cm³/mol. The molecule has 0 bridgehead atoms. The second-order valence-electron chi connectivity index (χ2n) is 2.95. The van der Waals surface area contributed by atoms with E-state index in [1.807, 2.05) is 6.92 Å². The first-order chi connectivity index (χ1) is 4.16. The molecule has 0 aromatic heterocycles. The average molecular weight is 128 g/mol. The van der Waals surface area contributed by atoms with Crippen LogP contribution in [0.2, 0.25) is 0 Å². The van der Waals surface area contributed by atoms with E-state index in [2.05, 4.69) is 19.0 Å². The quantitative estimate of drug-likeness (QED) is 0.565. The molecule has 1 N–H and O–H groups in total. The lowest BCUT2D eigenvalue weighted by Crippen LogP contribution is -1.98. The van der Waals surface area contributed by atoms with Crippen molar-refractivity contribution in [3.05, 3.63) is 0 Å². The molecule has 1 unspecified atom stereocenters. The first-order valence-corrected chi connectivity index (χ1v) is 3.53. The van der Waals surface area contributed by atoms with Gasteiger partial charge in [0.1, 0.15) is 0 Å². The van der Waals surface area contributed by atoms with Crippen LogP contribution >= 0.6 is 0 Å². The van der Waals surface area contributed by atoms with Crippen LogP contribution in [0.25, 0.3) is 0 Å². The molecule has 0 aliphatic rings. The van der Waals surface area contributed by atoms with Crippen LogP contribution in [0.1, 0.15) is 33.6 Å².